The number of rotatable bonds is 6. The first-order valence-corrected chi connectivity index (χ1v) is 10.6. The van der Waals surface area contributed by atoms with Crippen LogP contribution in [0.5, 0.6) is 0 Å². The van der Waals surface area contributed by atoms with Gasteiger partial charge < -0.3 is 5.32 Å². The van der Waals surface area contributed by atoms with Crippen molar-refractivity contribution in [2.45, 2.75) is 48.3 Å². The van der Waals surface area contributed by atoms with Crippen LogP contribution in [-0.4, -0.2) is 25.1 Å². The van der Waals surface area contributed by atoms with Crippen LogP contribution in [0.25, 0.3) is 0 Å². The lowest BCUT2D eigenvalue weighted by Crippen LogP contribution is -2.40. The lowest BCUT2D eigenvalue weighted by molar-refractivity contribution is -0.115. The molecule has 0 aromatic heterocycles. The molecule has 0 saturated carbocycles. The molecule has 0 radical (unpaired) electrons. The SMILES string of the molecule is C[C@@H](Sc1ccccc1)C(=O)Nc1cccc(S(=O)(=O)NC(C)(C)C)c1. The third kappa shape index (κ3) is 6.16. The Morgan fingerprint density at radius 3 is 2.31 bits per heavy atom. The third-order valence-electron chi connectivity index (χ3n) is 3.28. The lowest BCUT2D eigenvalue weighted by atomic mass is 10.1. The summed E-state index contributed by atoms with van der Waals surface area (Å²) in [4.78, 5) is 13.5. The Bertz CT molecular complexity index is 860. The van der Waals surface area contributed by atoms with E-state index in [2.05, 4.69) is 10.0 Å². The highest BCUT2D eigenvalue weighted by Crippen LogP contribution is 2.24. The summed E-state index contributed by atoms with van der Waals surface area (Å²) in [7, 11) is -3.65. The van der Waals surface area contributed by atoms with Gasteiger partial charge in [0.1, 0.15) is 0 Å². The fourth-order valence-corrected chi connectivity index (χ4v) is 4.56. The molecule has 0 fully saturated rings. The van der Waals surface area contributed by atoms with Crippen molar-refractivity contribution >= 4 is 33.4 Å². The molecule has 0 unspecified atom stereocenters. The highest BCUT2D eigenvalue weighted by atomic mass is 32.2. The fourth-order valence-electron chi connectivity index (χ4n) is 2.20. The Balaban J connectivity index is 2.09. The zero-order valence-electron chi connectivity index (χ0n) is 15.3. The fraction of sp³-hybridized carbons (Fsp3) is 0.316. The summed E-state index contributed by atoms with van der Waals surface area (Å²) in [5.74, 6) is -0.183. The van der Waals surface area contributed by atoms with E-state index in [4.69, 9.17) is 0 Å². The topological polar surface area (TPSA) is 75.3 Å². The summed E-state index contributed by atoms with van der Waals surface area (Å²) >= 11 is 1.45. The summed E-state index contributed by atoms with van der Waals surface area (Å²) in [5.41, 5.74) is -0.133. The summed E-state index contributed by atoms with van der Waals surface area (Å²) in [6.07, 6.45) is 0. The second-order valence-electron chi connectivity index (χ2n) is 6.95. The predicted molar refractivity (Wildman–Crippen MR) is 107 cm³/mol. The highest BCUT2D eigenvalue weighted by molar-refractivity contribution is 8.00. The molecule has 0 saturated heterocycles. The second-order valence-corrected chi connectivity index (χ2v) is 10.0. The van der Waals surface area contributed by atoms with Gasteiger partial charge in [-0.25, -0.2) is 13.1 Å². The minimum Gasteiger partial charge on any atom is -0.325 e. The zero-order chi connectivity index (χ0) is 19.4. The number of hydrogen-bond acceptors (Lipinski definition) is 4. The van der Waals surface area contributed by atoms with Crippen LogP contribution in [0.3, 0.4) is 0 Å². The Hall–Kier alpha value is -1.83. The van der Waals surface area contributed by atoms with Crippen LogP contribution in [0.2, 0.25) is 0 Å². The molecule has 2 N–H and O–H groups in total. The highest BCUT2D eigenvalue weighted by Gasteiger charge is 2.22. The molecule has 0 aliphatic carbocycles. The van der Waals surface area contributed by atoms with Gasteiger partial charge in [-0.1, -0.05) is 24.3 Å². The van der Waals surface area contributed by atoms with E-state index < -0.39 is 15.6 Å². The molecule has 1 atom stereocenters. The van der Waals surface area contributed by atoms with Crippen molar-refractivity contribution in [3.8, 4) is 0 Å². The molecule has 0 bridgehead atoms. The first-order valence-electron chi connectivity index (χ1n) is 8.23. The van der Waals surface area contributed by atoms with Crippen molar-refractivity contribution in [1.82, 2.24) is 4.72 Å². The van der Waals surface area contributed by atoms with E-state index in [0.717, 1.165) is 4.90 Å². The lowest BCUT2D eigenvalue weighted by Gasteiger charge is -2.20. The number of hydrogen-bond donors (Lipinski definition) is 2. The number of benzene rings is 2. The van der Waals surface area contributed by atoms with E-state index in [1.807, 2.05) is 37.3 Å². The molecule has 0 heterocycles. The van der Waals surface area contributed by atoms with E-state index in [1.165, 1.54) is 23.9 Å². The standard InChI is InChI=1S/C19H24N2O3S2/c1-14(25-16-10-6-5-7-11-16)18(22)20-15-9-8-12-17(13-15)26(23,24)21-19(2,3)4/h5-14,21H,1-4H3,(H,20,22)/t14-/m1/s1. The average Bonchev–Trinajstić information content (AvgIpc) is 2.54. The Kier molecular flexibility index (Phi) is 6.49. The van der Waals surface area contributed by atoms with Crippen molar-refractivity contribution in [2.24, 2.45) is 0 Å². The molecule has 26 heavy (non-hydrogen) atoms. The summed E-state index contributed by atoms with van der Waals surface area (Å²) < 4.78 is 27.5. The van der Waals surface area contributed by atoms with Gasteiger partial charge in [0, 0.05) is 16.1 Å². The Morgan fingerprint density at radius 2 is 1.69 bits per heavy atom. The monoisotopic (exact) mass is 392 g/mol. The average molecular weight is 393 g/mol. The second kappa shape index (κ2) is 8.24. The Morgan fingerprint density at radius 1 is 1.04 bits per heavy atom. The van der Waals surface area contributed by atoms with Crippen molar-refractivity contribution in [3.05, 3.63) is 54.6 Å². The van der Waals surface area contributed by atoms with Crippen molar-refractivity contribution in [3.63, 3.8) is 0 Å². The van der Waals surface area contributed by atoms with Gasteiger partial charge in [-0.2, -0.15) is 0 Å². The molecule has 0 aliphatic rings. The van der Waals surface area contributed by atoms with Gasteiger partial charge in [-0.15, -0.1) is 11.8 Å². The van der Waals surface area contributed by atoms with Crippen molar-refractivity contribution in [1.29, 1.82) is 0 Å². The molecular weight excluding hydrogens is 368 g/mol. The first-order chi connectivity index (χ1) is 12.1. The number of nitrogens with one attached hydrogen (secondary N) is 2. The van der Waals surface area contributed by atoms with E-state index in [1.54, 1.807) is 32.9 Å². The number of thioether (sulfide) groups is 1. The summed E-state index contributed by atoms with van der Waals surface area (Å²) in [6, 6.07) is 15.9. The van der Waals surface area contributed by atoms with Gasteiger partial charge in [0.15, 0.2) is 0 Å². The zero-order valence-corrected chi connectivity index (χ0v) is 16.9. The maximum Gasteiger partial charge on any atom is 0.241 e. The largest absolute Gasteiger partial charge is 0.325 e. The van der Waals surface area contributed by atoms with Crippen molar-refractivity contribution < 1.29 is 13.2 Å². The smallest absolute Gasteiger partial charge is 0.241 e. The molecule has 0 aliphatic heterocycles. The number of anilines is 1. The van der Waals surface area contributed by atoms with Gasteiger partial charge in [-0.05, 0) is 58.0 Å². The van der Waals surface area contributed by atoms with Crippen molar-refractivity contribution in [2.75, 3.05) is 5.32 Å². The van der Waals surface area contributed by atoms with Gasteiger partial charge in [0.05, 0.1) is 10.1 Å². The molecule has 1 amide bonds. The van der Waals surface area contributed by atoms with Crippen LogP contribution < -0.4 is 10.0 Å². The maximum absolute atomic E-state index is 12.4. The minimum absolute atomic E-state index is 0.119. The van der Waals surface area contributed by atoms with Gasteiger partial charge >= 0.3 is 0 Å². The van der Waals surface area contributed by atoms with Crippen LogP contribution in [0.1, 0.15) is 27.7 Å². The third-order valence-corrected chi connectivity index (χ3v) is 6.15. The van der Waals surface area contributed by atoms with Crippen LogP contribution in [-0.2, 0) is 14.8 Å². The number of carbonyl (C=O) groups excluding carboxylic acids is 1. The number of sulfonamides is 1. The minimum atomic E-state index is -3.65. The molecular formula is C19H24N2O3S2. The molecule has 2 aromatic carbocycles. The molecule has 7 heteroatoms. The van der Waals surface area contributed by atoms with Crippen LogP contribution in [0.4, 0.5) is 5.69 Å². The van der Waals surface area contributed by atoms with Crippen LogP contribution in [0.15, 0.2) is 64.4 Å². The van der Waals surface area contributed by atoms with E-state index in [0.29, 0.717) is 5.69 Å². The molecule has 5 nitrogen and oxygen atoms in total. The Labute approximate surface area is 159 Å². The van der Waals surface area contributed by atoms with Crippen LogP contribution in [0, 0.1) is 0 Å². The molecule has 2 rings (SSSR count). The summed E-state index contributed by atoms with van der Waals surface area (Å²) in [6.45, 7) is 7.14. The molecule has 0 spiro atoms. The number of amides is 1. The molecule has 140 valence electrons. The summed E-state index contributed by atoms with van der Waals surface area (Å²) in [5, 5.41) is 2.47. The molecule has 2 aromatic rings. The van der Waals surface area contributed by atoms with Crippen LogP contribution >= 0.6 is 11.8 Å². The van der Waals surface area contributed by atoms with Gasteiger partial charge in [-0.3, -0.25) is 4.79 Å². The first kappa shape index (κ1) is 20.5. The normalized spacial score (nSPS) is 13.2. The van der Waals surface area contributed by atoms with Gasteiger partial charge in [0.2, 0.25) is 15.9 Å². The quantitative estimate of drug-likeness (QED) is 0.732. The van der Waals surface area contributed by atoms with Gasteiger partial charge in [0.25, 0.3) is 0 Å². The predicted octanol–water partition coefficient (Wildman–Crippen LogP) is 3.88. The van der Waals surface area contributed by atoms with E-state index >= 15 is 0 Å². The number of carbonyl (C=O) groups is 1. The maximum atomic E-state index is 12.4. The van der Waals surface area contributed by atoms with E-state index in [-0.39, 0.29) is 16.1 Å². The van der Waals surface area contributed by atoms with E-state index in [9.17, 15) is 13.2 Å².